The van der Waals surface area contributed by atoms with Gasteiger partial charge in [0.2, 0.25) is 0 Å². The Labute approximate surface area is 137 Å². The minimum absolute atomic E-state index is 0.170. The number of hydrogen-bond acceptors (Lipinski definition) is 3. The summed E-state index contributed by atoms with van der Waals surface area (Å²) in [7, 11) is 1.83. The van der Waals surface area contributed by atoms with Gasteiger partial charge in [0.1, 0.15) is 5.82 Å². The van der Waals surface area contributed by atoms with Gasteiger partial charge in [-0.1, -0.05) is 18.2 Å². The minimum Gasteiger partial charge on any atom is -0.309 e. The van der Waals surface area contributed by atoms with Gasteiger partial charge in [-0.15, -0.1) is 0 Å². The molecule has 3 aromatic rings. The number of para-hydroxylation sites is 1. The molecular weight excluding hydrogens is 312 g/mol. The lowest BCUT2D eigenvalue weighted by atomic mass is 10.1. The van der Waals surface area contributed by atoms with Crippen LogP contribution >= 0.6 is 0 Å². The highest BCUT2D eigenvalue weighted by Crippen LogP contribution is 2.22. The zero-order valence-corrected chi connectivity index (χ0v) is 13.4. The van der Waals surface area contributed by atoms with Crippen LogP contribution in [-0.4, -0.2) is 21.9 Å². The number of benzene rings is 2. The maximum atomic E-state index is 13.4. The van der Waals surface area contributed by atoms with Crippen molar-refractivity contribution >= 4 is 10.9 Å². The van der Waals surface area contributed by atoms with Crippen molar-refractivity contribution < 1.29 is 8.78 Å². The van der Waals surface area contributed by atoms with E-state index in [2.05, 4.69) is 9.97 Å². The Morgan fingerprint density at radius 2 is 1.92 bits per heavy atom. The molecule has 0 amide bonds. The fraction of sp³-hybridized carbons (Fsp3) is 0.222. The molecule has 0 spiro atoms. The van der Waals surface area contributed by atoms with E-state index >= 15 is 0 Å². The first kappa shape index (κ1) is 16.3. The van der Waals surface area contributed by atoms with Gasteiger partial charge in [0.25, 0.3) is 5.56 Å². The first-order valence-corrected chi connectivity index (χ1v) is 7.59. The first-order chi connectivity index (χ1) is 11.5. The molecule has 0 fully saturated rings. The Bertz CT molecular complexity index is 939. The second-order valence-electron chi connectivity index (χ2n) is 5.79. The predicted octanol–water partition coefficient (Wildman–Crippen LogP) is 3.39. The van der Waals surface area contributed by atoms with Crippen molar-refractivity contribution in [2.24, 2.45) is 0 Å². The van der Waals surface area contributed by atoms with E-state index in [9.17, 15) is 13.6 Å². The zero-order valence-electron chi connectivity index (χ0n) is 13.4. The van der Waals surface area contributed by atoms with Crippen LogP contribution in [0.2, 0.25) is 0 Å². The average Bonchev–Trinajstić information content (AvgIpc) is 2.56. The van der Waals surface area contributed by atoms with Gasteiger partial charge in [-0.25, -0.2) is 13.8 Å². The number of fused-ring (bicyclic) bond motifs is 1. The molecule has 1 atom stereocenters. The molecule has 1 N–H and O–H groups in total. The van der Waals surface area contributed by atoms with E-state index < -0.39 is 11.6 Å². The van der Waals surface area contributed by atoms with Crippen molar-refractivity contribution in [2.45, 2.75) is 19.5 Å². The summed E-state index contributed by atoms with van der Waals surface area (Å²) in [4.78, 5) is 21.2. The Hall–Kier alpha value is -2.60. The normalized spacial score (nSPS) is 12.7. The number of rotatable bonds is 4. The number of aromatic nitrogens is 2. The van der Waals surface area contributed by atoms with Crippen LogP contribution in [0.4, 0.5) is 8.78 Å². The van der Waals surface area contributed by atoms with Crippen molar-refractivity contribution in [2.75, 3.05) is 7.05 Å². The second-order valence-corrected chi connectivity index (χ2v) is 5.79. The highest BCUT2D eigenvalue weighted by atomic mass is 19.2. The highest BCUT2D eigenvalue weighted by Gasteiger charge is 2.15. The molecule has 0 aliphatic carbocycles. The van der Waals surface area contributed by atoms with Crippen molar-refractivity contribution in [1.29, 1.82) is 0 Å². The standard InChI is InChI=1S/C18H17F2N3O/c1-11(12-7-8-14(19)15(20)9-12)23(2)10-17-21-16-6-4-3-5-13(16)18(24)22-17/h3-9,11H,10H2,1-2H3,(H,21,22,24). The molecule has 0 bridgehead atoms. The lowest BCUT2D eigenvalue weighted by molar-refractivity contribution is 0.246. The summed E-state index contributed by atoms with van der Waals surface area (Å²) >= 11 is 0. The molecule has 0 saturated carbocycles. The minimum atomic E-state index is -0.870. The third kappa shape index (κ3) is 3.19. The molecule has 24 heavy (non-hydrogen) atoms. The van der Waals surface area contributed by atoms with Crippen LogP contribution in [-0.2, 0) is 6.54 Å². The third-order valence-corrected chi connectivity index (χ3v) is 4.15. The van der Waals surface area contributed by atoms with Crippen molar-refractivity contribution in [1.82, 2.24) is 14.9 Å². The Morgan fingerprint density at radius 3 is 2.67 bits per heavy atom. The number of H-pyrrole nitrogens is 1. The molecule has 4 nitrogen and oxygen atoms in total. The monoisotopic (exact) mass is 329 g/mol. The van der Waals surface area contributed by atoms with Crippen LogP contribution in [0.5, 0.6) is 0 Å². The molecular formula is C18H17F2N3O. The van der Waals surface area contributed by atoms with E-state index in [4.69, 9.17) is 0 Å². The summed E-state index contributed by atoms with van der Waals surface area (Å²) in [6.07, 6.45) is 0. The number of halogens is 2. The van der Waals surface area contributed by atoms with Crippen molar-refractivity contribution in [3.05, 3.63) is 75.8 Å². The summed E-state index contributed by atoms with van der Waals surface area (Å²) in [5, 5.41) is 0.539. The van der Waals surface area contributed by atoms with Gasteiger partial charge in [-0.05, 0) is 43.8 Å². The van der Waals surface area contributed by atoms with E-state index in [0.717, 1.165) is 6.07 Å². The quantitative estimate of drug-likeness (QED) is 0.798. The van der Waals surface area contributed by atoms with E-state index in [1.54, 1.807) is 24.3 Å². The molecule has 1 aromatic heterocycles. The Balaban J connectivity index is 1.84. The summed E-state index contributed by atoms with van der Waals surface area (Å²) in [5.41, 5.74) is 1.09. The maximum Gasteiger partial charge on any atom is 0.258 e. The number of aromatic amines is 1. The smallest absolute Gasteiger partial charge is 0.258 e. The Morgan fingerprint density at radius 1 is 1.17 bits per heavy atom. The third-order valence-electron chi connectivity index (χ3n) is 4.15. The molecule has 0 radical (unpaired) electrons. The summed E-state index contributed by atoms with van der Waals surface area (Å²) in [5.74, 6) is -1.21. The lowest BCUT2D eigenvalue weighted by Gasteiger charge is -2.24. The summed E-state index contributed by atoms with van der Waals surface area (Å²) in [6, 6.07) is 10.8. The molecule has 2 aromatic carbocycles. The average molecular weight is 329 g/mol. The first-order valence-electron chi connectivity index (χ1n) is 7.59. The van der Waals surface area contributed by atoms with Gasteiger partial charge in [0.05, 0.1) is 17.4 Å². The van der Waals surface area contributed by atoms with Gasteiger partial charge in [0.15, 0.2) is 11.6 Å². The van der Waals surface area contributed by atoms with Crippen LogP contribution in [0.3, 0.4) is 0 Å². The number of nitrogens with one attached hydrogen (secondary N) is 1. The number of nitrogens with zero attached hydrogens (tertiary/aromatic N) is 2. The molecule has 0 aliphatic rings. The topological polar surface area (TPSA) is 49.0 Å². The van der Waals surface area contributed by atoms with Gasteiger partial charge < -0.3 is 4.98 Å². The number of hydrogen-bond donors (Lipinski definition) is 1. The van der Waals surface area contributed by atoms with E-state index in [0.29, 0.717) is 28.8 Å². The fourth-order valence-electron chi connectivity index (χ4n) is 2.61. The fourth-order valence-corrected chi connectivity index (χ4v) is 2.61. The summed E-state index contributed by atoms with van der Waals surface area (Å²) < 4.78 is 26.5. The van der Waals surface area contributed by atoms with E-state index in [1.807, 2.05) is 24.9 Å². The molecule has 0 saturated heterocycles. The van der Waals surface area contributed by atoms with Crippen molar-refractivity contribution in [3.63, 3.8) is 0 Å². The molecule has 1 unspecified atom stereocenters. The van der Waals surface area contributed by atoms with Crippen LogP contribution in [0, 0.1) is 11.6 Å². The lowest BCUT2D eigenvalue weighted by Crippen LogP contribution is -2.25. The van der Waals surface area contributed by atoms with Gasteiger partial charge >= 0.3 is 0 Å². The van der Waals surface area contributed by atoms with E-state index in [-0.39, 0.29) is 11.6 Å². The highest BCUT2D eigenvalue weighted by molar-refractivity contribution is 5.77. The SMILES string of the molecule is CC(c1ccc(F)c(F)c1)N(C)Cc1nc2ccccc2c(=O)[nH]1. The molecule has 124 valence electrons. The second kappa shape index (κ2) is 6.49. The molecule has 3 rings (SSSR count). The largest absolute Gasteiger partial charge is 0.309 e. The van der Waals surface area contributed by atoms with Crippen LogP contribution in [0.15, 0.2) is 47.3 Å². The van der Waals surface area contributed by atoms with Gasteiger partial charge in [0, 0.05) is 6.04 Å². The molecule has 0 aliphatic heterocycles. The maximum absolute atomic E-state index is 13.4. The Kier molecular flexibility index (Phi) is 4.40. The van der Waals surface area contributed by atoms with Crippen LogP contribution < -0.4 is 5.56 Å². The van der Waals surface area contributed by atoms with Crippen LogP contribution in [0.1, 0.15) is 24.4 Å². The van der Waals surface area contributed by atoms with Crippen molar-refractivity contribution in [3.8, 4) is 0 Å². The predicted molar refractivity (Wildman–Crippen MR) is 88.6 cm³/mol. The van der Waals surface area contributed by atoms with Gasteiger partial charge in [-0.2, -0.15) is 0 Å². The summed E-state index contributed by atoms with van der Waals surface area (Å²) in [6.45, 7) is 2.26. The molecule has 6 heteroatoms. The van der Waals surface area contributed by atoms with E-state index in [1.165, 1.54) is 6.07 Å². The van der Waals surface area contributed by atoms with Gasteiger partial charge in [-0.3, -0.25) is 9.69 Å². The zero-order chi connectivity index (χ0) is 17.3. The van der Waals surface area contributed by atoms with Crippen LogP contribution in [0.25, 0.3) is 10.9 Å². The molecule has 1 heterocycles.